The van der Waals surface area contributed by atoms with E-state index in [0.29, 0.717) is 5.56 Å². The molecule has 9 heteroatoms. The van der Waals surface area contributed by atoms with Gasteiger partial charge < -0.3 is 14.6 Å². The summed E-state index contributed by atoms with van der Waals surface area (Å²) in [5, 5.41) is 8.44. The summed E-state index contributed by atoms with van der Waals surface area (Å²) in [5.74, 6) is -1.27. The second-order valence-corrected chi connectivity index (χ2v) is 6.20. The number of benzene rings is 1. The summed E-state index contributed by atoms with van der Waals surface area (Å²) in [6.07, 6.45) is 2.97. The molecule has 2 rings (SSSR count). The standard InChI is InChI=1S/C16H14ClNO6S/c1-3-4-18-15(21)12(25-16(18)22)7-9-5-10(17)14(11(6-9)23-2)24-8-13(19)20/h3,5-7H,1,4,8H2,2H3,(H,19,20)/b12-7+. The van der Waals surface area contributed by atoms with Crippen LogP contribution in [0, 0.1) is 0 Å². The molecule has 0 bridgehead atoms. The molecule has 7 nitrogen and oxygen atoms in total. The van der Waals surface area contributed by atoms with Gasteiger partial charge in [0.1, 0.15) is 0 Å². The Balaban J connectivity index is 2.33. The molecule has 0 spiro atoms. The molecule has 25 heavy (non-hydrogen) atoms. The fourth-order valence-corrected chi connectivity index (χ4v) is 3.16. The van der Waals surface area contributed by atoms with Gasteiger partial charge in [0.15, 0.2) is 18.1 Å². The number of nitrogens with zero attached hydrogens (tertiary/aromatic N) is 1. The van der Waals surface area contributed by atoms with Crippen molar-refractivity contribution in [1.29, 1.82) is 0 Å². The van der Waals surface area contributed by atoms with Gasteiger partial charge in [0.05, 0.1) is 17.0 Å². The largest absolute Gasteiger partial charge is 0.493 e. The maximum Gasteiger partial charge on any atom is 0.341 e. The van der Waals surface area contributed by atoms with Crippen LogP contribution in [0.5, 0.6) is 11.5 Å². The first-order valence-electron chi connectivity index (χ1n) is 6.95. The van der Waals surface area contributed by atoms with Crippen molar-refractivity contribution >= 4 is 46.6 Å². The van der Waals surface area contributed by atoms with E-state index in [1.807, 2.05) is 0 Å². The monoisotopic (exact) mass is 383 g/mol. The van der Waals surface area contributed by atoms with E-state index in [1.54, 1.807) is 0 Å². The topological polar surface area (TPSA) is 93.1 Å². The number of ether oxygens (including phenoxy) is 2. The molecule has 1 aliphatic rings. The molecule has 0 saturated carbocycles. The Kier molecular flexibility index (Phi) is 6.11. The number of carbonyl (C=O) groups excluding carboxylic acids is 2. The number of methoxy groups -OCH3 is 1. The van der Waals surface area contributed by atoms with Gasteiger partial charge >= 0.3 is 5.97 Å². The third kappa shape index (κ3) is 4.34. The Hall–Kier alpha value is -2.45. The van der Waals surface area contributed by atoms with E-state index in [2.05, 4.69) is 6.58 Å². The van der Waals surface area contributed by atoms with Crippen molar-refractivity contribution in [1.82, 2.24) is 4.90 Å². The lowest BCUT2D eigenvalue weighted by molar-refractivity contribution is -0.139. The van der Waals surface area contributed by atoms with E-state index in [4.69, 9.17) is 26.2 Å². The van der Waals surface area contributed by atoms with Crippen molar-refractivity contribution in [2.45, 2.75) is 0 Å². The number of carboxylic acids is 1. The minimum Gasteiger partial charge on any atom is -0.493 e. The SMILES string of the molecule is C=CCN1C(=O)S/C(=C/c2cc(Cl)c(OCC(=O)O)c(OC)c2)C1=O. The zero-order valence-corrected chi connectivity index (χ0v) is 14.7. The molecule has 0 radical (unpaired) electrons. The Morgan fingerprint density at radius 2 is 2.16 bits per heavy atom. The molecule has 1 aromatic rings. The summed E-state index contributed by atoms with van der Waals surface area (Å²) in [5.41, 5.74) is 0.508. The minimum absolute atomic E-state index is 0.0866. The van der Waals surface area contributed by atoms with Gasteiger partial charge in [0, 0.05) is 6.54 Å². The normalized spacial score (nSPS) is 15.6. The minimum atomic E-state index is -1.15. The molecule has 0 aromatic heterocycles. The van der Waals surface area contributed by atoms with Crippen molar-refractivity contribution in [3.05, 3.63) is 40.3 Å². The van der Waals surface area contributed by atoms with E-state index < -0.39 is 18.5 Å². The number of aliphatic carboxylic acids is 1. The van der Waals surface area contributed by atoms with E-state index in [-0.39, 0.29) is 33.2 Å². The predicted molar refractivity (Wildman–Crippen MR) is 94.0 cm³/mol. The smallest absolute Gasteiger partial charge is 0.341 e. The highest BCUT2D eigenvalue weighted by Gasteiger charge is 2.34. The van der Waals surface area contributed by atoms with Gasteiger partial charge in [-0.25, -0.2) is 4.79 Å². The first-order chi connectivity index (χ1) is 11.9. The Morgan fingerprint density at radius 3 is 2.76 bits per heavy atom. The fraction of sp³-hybridized carbons (Fsp3) is 0.188. The average molecular weight is 384 g/mol. The molecular weight excluding hydrogens is 370 g/mol. The molecule has 0 aliphatic carbocycles. The Bertz CT molecular complexity index is 776. The molecule has 1 fully saturated rings. The molecular formula is C16H14ClNO6S. The van der Waals surface area contributed by atoms with E-state index >= 15 is 0 Å². The number of thioether (sulfide) groups is 1. The van der Waals surface area contributed by atoms with Gasteiger partial charge in [0.25, 0.3) is 11.1 Å². The average Bonchev–Trinajstić information content (AvgIpc) is 2.81. The van der Waals surface area contributed by atoms with Crippen molar-refractivity contribution in [3.63, 3.8) is 0 Å². The van der Waals surface area contributed by atoms with Crippen LogP contribution in [0.25, 0.3) is 6.08 Å². The molecule has 0 atom stereocenters. The summed E-state index contributed by atoms with van der Waals surface area (Å²) in [6, 6.07) is 3.02. The van der Waals surface area contributed by atoms with Crippen LogP contribution in [0.4, 0.5) is 4.79 Å². The summed E-state index contributed by atoms with van der Waals surface area (Å²) in [7, 11) is 1.38. The van der Waals surface area contributed by atoms with Gasteiger partial charge in [-0.1, -0.05) is 17.7 Å². The first-order valence-corrected chi connectivity index (χ1v) is 8.15. The molecule has 2 amide bonds. The van der Waals surface area contributed by atoms with E-state index in [0.717, 1.165) is 16.7 Å². The lowest BCUT2D eigenvalue weighted by Crippen LogP contribution is -2.27. The van der Waals surface area contributed by atoms with E-state index in [1.165, 1.54) is 31.4 Å². The second kappa shape index (κ2) is 8.09. The van der Waals surface area contributed by atoms with Gasteiger partial charge in [-0.2, -0.15) is 0 Å². The molecule has 1 N–H and O–H groups in total. The molecule has 0 unspecified atom stereocenters. The first kappa shape index (κ1) is 18.9. The van der Waals surface area contributed by atoms with Crippen molar-refractivity contribution in [2.24, 2.45) is 0 Å². The van der Waals surface area contributed by atoms with Crippen LogP contribution in [-0.4, -0.2) is 47.4 Å². The van der Waals surface area contributed by atoms with Crippen LogP contribution in [0.2, 0.25) is 5.02 Å². The lowest BCUT2D eigenvalue weighted by atomic mass is 10.1. The molecule has 1 aliphatic heterocycles. The number of carbonyl (C=O) groups is 3. The lowest BCUT2D eigenvalue weighted by Gasteiger charge is -2.12. The number of amides is 2. The highest BCUT2D eigenvalue weighted by atomic mass is 35.5. The summed E-state index contributed by atoms with van der Waals surface area (Å²) < 4.78 is 10.3. The predicted octanol–water partition coefficient (Wildman–Crippen LogP) is 3.03. The zero-order chi connectivity index (χ0) is 18.6. The van der Waals surface area contributed by atoms with Gasteiger partial charge in [-0.05, 0) is 35.5 Å². The van der Waals surface area contributed by atoms with Crippen LogP contribution < -0.4 is 9.47 Å². The maximum atomic E-state index is 12.2. The molecule has 1 aromatic carbocycles. The number of imide groups is 1. The highest BCUT2D eigenvalue weighted by Crippen LogP contribution is 2.38. The zero-order valence-electron chi connectivity index (χ0n) is 13.2. The molecule has 1 saturated heterocycles. The van der Waals surface area contributed by atoms with Crippen molar-refractivity contribution in [2.75, 3.05) is 20.3 Å². The van der Waals surface area contributed by atoms with Gasteiger partial charge in [-0.3, -0.25) is 14.5 Å². The quantitative estimate of drug-likeness (QED) is 0.571. The summed E-state index contributed by atoms with van der Waals surface area (Å²) in [4.78, 5) is 36.0. The maximum absolute atomic E-state index is 12.2. The Morgan fingerprint density at radius 1 is 1.44 bits per heavy atom. The van der Waals surface area contributed by atoms with Crippen LogP contribution in [0.15, 0.2) is 29.7 Å². The third-order valence-corrected chi connectivity index (χ3v) is 4.26. The summed E-state index contributed by atoms with van der Waals surface area (Å²) >= 11 is 6.93. The van der Waals surface area contributed by atoms with Crippen LogP contribution >= 0.6 is 23.4 Å². The number of rotatable bonds is 7. The Labute approximate surface area is 152 Å². The van der Waals surface area contributed by atoms with E-state index in [9.17, 15) is 14.4 Å². The highest BCUT2D eigenvalue weighted by molar-refractivity contribution is 8.18. The second-order valence-electron chi connectivity index (χ2n) is 4.80. The van der Waals surface area contributed by atoms with Crippen LogP contribution in [0.1, 0.15) is 5.56 Å². The number of hydrogen-bond donors (Lipinski definition) is 1. The molecule has 1 heterocycles. The van der Waals surface area contributed by atoms with Gasteiger partial charge in [-0.15, -0.1) is 6.58 Å². The number of halogens is 1. The fourth-order valence-electron chi connectivity index (χ4n) is 2.03. The molecule has 132 valence electrons. The summed E-state index contributed by atoms with van der Waals surface area (Å²) in [6.45, 7) is 3.07. The van der Waals surface area contributed by atoms with Crippen LogP contribution in [-0.2, 0) is 9.59 Å². The number of hydrogen-bond acceptors (Lipinski definition) is 6. The van der Waals surface area contributed by atoms with Gasteiger partial charge in [0.2, 0.25) is 0 Å². The van der Waals surface area contributed by atoms with Crippen molar-refractivity contribution in [3.8, 4) is 11.5 Å². The van der Waals surface area contributed by atoms with Crippen molar-refractivity contribution < 1.29 is 29.0 Å². The third-order valence-electron chi connectivity index (χ3n) is 3.07. The van der Waals surface area contributed by atoms with Crippen LogP contribution in [0.3, 0.4) is 0 Å². The number of carboxylic acid groups (broad SMARTS) is 1.